The molecule has 0 aliphatic heterocycles. The van der Waals surface area contributed by atoms with Crippen LogP contribution in [0.1, 0.15) is 49.7 Å². The van der Waals surface area contributed by atoms with Gasteiger partial charge in [0, 0.05) is 12.5 Å². The van der Waals surface area contributed by atoms with E-state index in [0.717, 1.165) is 41.5 Å². The first-order valence-electron chi connectivity index (χ1n) is 11.6. The molecular formula is C26H30N2O5. The number of ether oxygens (including phenoxy) is 1. The van der Waals surface area contributed by atoms with E-state index in [0.29, 0.717) is 6.42 Å². The summed E-state index contributed by atoms with van der Waals surface area (Å²) >= 11 is 0. The van der Waals surface area contributed by atoms with Crippen molar-refractivity contribution in [1.29, 1.82) is 0 Å². The highest BCUT2D eigenvalue weighted by molar-refractivity contribution is 5.85. The van der Waals surface area contributed by atoms with Gasteiger partial charge in [0.25, 0.3) is 0 Å². The van der Waals surface area contributed by atoms with Gasteiger partial charge < -0.3 is 20.5 Å². The normalized spacial score (nSPS) is 16.6. The number of carboxylic acid groups (broad SMARTS) is 1. The van der Waals surface area contributed by atoms with E-state index in [9.17, 15) is 19.5 Å². The maximum absolute atomic E-state index is 12.7. The minimum absolute atomic E-state index is 0.0326. The molecule has 0 saturated heterocycles. The lowest BCUT2D eigenvalue weighted by Gasteiger charge is -2.33. The van der Waals surface area contributed by atoms with Gasteiger partial charge in [0.15, 0.2) is 0 Å². The van der Waals surface area contributed by atoms with Gasteiger partial charge in [-0.05, 0) is 47.4 Å². The van der Waals surface area contributed by atoms with Crippen LogP contribution in [0, 0.1) is 11.8 Å². The van der Waals surface area contributed by atoms with Crippen molar-refractivity contribution in [1.82, 2.24) is 10.6 Å². The molecule has 4 rings (SSSR count). The van der Waals surface area contributed by atoms with Crippen LogP contribution in [0.3, 0.4) is 0 Å². The van der Waals surface area contributed by atoms with Gasteiger partial charge >= 0.3 is 12.1 Å². The molecule has 2 unspecified atom stereocenters. The quantitative estimate of drug-likeness (QED) is 0.537. The molecule has 0 heterocycles. The third kappa shape index (κ3) is 4.87. The first-order valence-corrected chi connectivity index (χ1v) is 11.6. The van der Waals surface area contributed by atoms with Gasteiger partial charge in [0.1, 0.15) is 12.6 Å². The lowest BCUT2D eigenvalue weighted by molar-refractivity contribution is -0.143. The Morgan fingerprint density at radius 1 is 1.03 bits per heavy atom. The number of alkyl carbamates (subject to hydrolysis) is 1. The van der Waals surface area contributed by atoms with Crippen LogP contribution in [-0.4, -0.2) is 42.3 Å². The number of carboxylic acids is 1. The van der Waals surface area contributed by atoms with Crippen LogP contribution in [0.4, 0.5) is 4.79 Å². The Labute approximate surface area is 193 Å². The van der Waals surface area contributed by atoms with Crippen molar-refractivity contribution in [2.45, 2.75) is 44.6 Å². The summed E-state index contributed by atoms with van der Waals surface area (Å²) in [7, 11) is 0. The van der Waals surface area contributed by atoms with Crippen molar-refractivity contribution < 1.29 is 24.2 Å². The average Bonchev–Trinajstić information content (AvgIpc) is 3.10. The zero-order valence-corrected chi connectivity index (χ0v) is 18.8. The number of carbonyl (C=O) groups excluding carboxylic acids is 2. The monoisotopic (exact) mass is 450 g/mol. The molecule has 2 aromatic carbocycles. The predicted octanol–water partition coefficient (Wildman–Crippen LogP) is 3.92. The van der Waals surface area contributed by atoms with Gasteiger partial charge in [0.05, 0.1) is 5.92 Å². The van der Waals surface area contributed by atoms with E-state index in [1.807, 2.05) is 24.3 Å². The summed E-state index contributed by atoms with van der Waals surface area (Å²) in [6.45, 7) is 2.05. The summed E-state index contributed by atoms with van der Waals surface area (Å²) in [6, 6.07) is 15.3. The van der Waals surface area contributed by atoms with Gasteiger partial charge in [-0.3, -0.25) is 4.79 Å². The summed E-state index contributed by atoms with van der Waals surface area (Å²) < 4.78 is 5.57. The second kappa shape index (κ2) is 10.1. The molecule has 7 heteroatoms. The van der Waals surface area contributed by atoms with Crippen molar-refractivity contribution >= 4 is 18.0 Å². The predicted molar refractivity (Wildman–Crippen MR) is 124 cm³/mol. The Kier molecular flexibility index (Phi) is 6.96. The minimum atomic E-state index is -1.05. The molecule has 2 aliphatic carbocycles. The zero-order valence-electron chi connectivity index (χ0n) is 18.8. The fourth-order valence-electron chi connectivity index (χ4n) is 4.78. The van der Waals surface area contributed by atoms with Gasteiger partial charge in [-0.1, -0.05) is 61.9 Å². The summed E-state index contributed by atoms with van der Waals surface area (Å²) in [5, 5.41) is 14.6. The van der Waals surface area contributed by atoms with Crippen LogP contribution in [0.25, 0.3) is 11.1 Å². The molecule has 174 valence electrons. The fourth-order valence-corrected chi connectivity index (χ4v) is 4.78. The van der Waals surface area contributed by atoms with E-state index in [1.54, 1.807) is 6.92 Å². The Balaban J connectivity index is 1.35. The molecule has 3 N–H and O–H groups in total. The third-order valence-electron chi connectivity index (χ3n) is 6.89. The SMILES string of the molecule is CCC(NC(=O)C(CNC(=O)OCC1c2ccccc2-c2ccccc21)C1CCC1)C(=O)O. The highest BCUT2D eigenvalue weighted by Crippen LogP contribution is 2.44. The summed E-state index contributed by atoms with van der Waals surface area (Å²) in [5.41, 5.74) is 4.59. The van der Waals surface area contributed by atoms with E-state index in [-0.39, 0.29) is 30.9 Å². The van der Waals surface area contributed by atoms with Gasteiger partial charge in [0.2, 0.25) is 5.91 Å². The molecule has 1 fully saturated rings. The number of rotatable bonds is 9. The van der Waals surface area contributed by atoms with Gasteiger partial charge in [-0.2, -0.15) is 0 Å². The topological polar surface area (TPSA) is 105 Å². The molecule has 0 aromatic heterocycles. The molecular weight excluding hydrogens is 420 g/mol. The van der Waals surface area contributed by atoms with Crippen molar-refractivity contribution in [2.24, 2.45) is 11.8 Å². The number of aliphatic carboxylic acids is 1. The molecule has 7 nitrogen and oxygen atoms in total. The van der Waals surface area contributed by atoms with E-state index in [4.69, 9.17) is 4.74 Å². The molecule has 2 aliphatic rings. The Morgan fingerprint density at radius 2 is 1.64 bits per heavy atom. The van der Waals surface area contributed by atoms with E-state index < -0.39 is 24.0 Å². The molecule has 0 radical (unpaired) electrons. The second-order valence-corrected chi connectivity index (χ2v) is 8.81. The Bertz CT molecular complexity index is 987. The van der Waals surface area contributed by atoms with Crippen molar-refractivity contribution in [3.05, 3.63) is 59.7 Å². The van der Waals surface area contributed by atoms with Crippen LogP contribution in [0.2, 0.25) is 0 Å². The summed E-state index contributed by atoms with van der Waals surface area (Å²) in [6.07, 6.45) is 2.57. The maximum atomic E-state index is 12.7. The number of benzene rings is 2. The van der Waals surface area contributed by atoms with Crippen LogP contribution >= 0.6 is 0 Å². The first kappa shape index (κ1) is 22.8. The summed E-state index contributed by atoms with van der Waals surface area (Å²) in [4.78, 5) is 36.5. The highest BCUT2D eigenvalue weighted by Gasteiger charge is 2.35. The van der Waals surface area contributed by atoms with E-state index in [2.05, 4.69) is 34.9 Å². The zero-order chi connectivity index (χ0) is 23.4. The van der Waals surface area contributed by atoms with Gasteiger partial charge in [-0.25, -0.2) is 9.59 Å². The lowest BCUT2D eigenvalue weighted by Crippen LogP contribution is -2.49. The molecule has 2 amide bonds. The number of fused-ring (bicyclic) bond motifs is 3. The summed E-state index contributed by atoms with van der Waals surface area (Å²) in [5.74, 6) is -1.73. The smallest absolute Gasteiger partial charge is 0.407 e. The Morgan fingerprint density at radius 3 is 2.15 bits per heavy atom. The average molecular weight is 451 g/mol. The van der Waals surface area contributed by atoms with Crippen molar-refractivity contribution in [3.8, 4) is 11.1 Å². The first-order chi connectivity index (χ1) is 16.0. The number of nitrogens with one attached hydrogen (secondary N) is 2. The molecule has 33 heavy (non-hydrogen) atoms. The van der Waals surface area contributed by atoms with Crippen LogP contribution in [-0.2, 0) is 14.3 Å². The van der Waals surface area contributed by atoms with Crippen molar-refractivity contribution in [3.63, 3.8) is 0 Å². The number of amides is 2. The third-order valence-corrected chi connectivity index (χ3v) is 6.89. The van der Waals surface area contributed by atoms with Crippen LogP contribution < -0.4 is 10.6 Å². The van der Waals surface area contributed by atoms with E-state index >= 15 is 0 Å². The largest absolute Gasteiger partial charge is 0.480 e. The number of hydrogen-bond donors (Lipinski definition) is 3. The maximum Gasteiger partial charge on any atom is 0.407 e. The standard InChI is InChI=1S/C26H30N2O5/c1-2-23(25(30)31)28-24(29)21(16-8-7-9-16)14-27-26(32)33-15-22-19-12-5-3-10-17(19)18-11-4-6-13-20(18)22/h3-6,10-13,16,21-23H,2,7-9,14-15H2,1H3,(H,27,32)(H,28,29)(H,30,31). The molecule has 0 spiro atoms. The molecule has 1 saturated carbocycles. The highest BCUT2D eigenvalue weighted by atomic mass is 16.5. The van der Waals surface area contributed by atoms with Gasteiger partial charge in [-0.15, -0.1) is 0 Å². The molecule has 2 aromatic rings. The Hall–Kier alpha value is -3.35. The molecule has 2 atom stereocenters. The number of carbonyl (C=O) groups is 3. The second-order valence-electron chi connectivity index (χ2n) is 8.81. The minimum Gasteiger partial charge on any atom is -0.480 e. The van der Waals surface area contributed by atoms with Crippen LogP contribution in [0.15, 0.2) is 48.5 Å². The molecule has 0 bridgehead atoms. The van der Waals surface area contributed by atoms with E-state index in [1.165, 1.54) is 0 Å². The van der Waals surface area contributed by atoms with Crippen LogP contribution in [0.5, 0.6) is 0 Å². The fraction of sp³-hybridized carbons (Fsp3) is 0.423. The number of hydrogen-bond acceptors (Lipinski definition) is 4. The van der Waals surface area contributed by atoms with Crippen molar-refractivity contribution in [2.75, 3.05) is 13.2 Å². The lowest BCUT2D eigenvalue weighted by atomic mass is 9.75.